The Labute approximate surface area is 195 Å². The van der Waals surface area contributed by atoms with Crippen molar-refractivity contribution in [3.63, 3.8) is 0 Å². The zero-order chi connectivity index (χ0) is 23.3. The molecule has 1 aliphatic rings. The molecule has 1 aliphatic heterocycles. The number of carbonyl (C=O) groups is 1. The third-order valence-electron chi connectivity index (χ3n) is 5.58. The van der Waals surface area contributed by atoms with Crippen molar-refractivity contribution in [2.24, 2.45) is 5.92 Å². The number of halogens is 1. The van der Waals surface area contributed by atoms with Crippen molar-refractivity contribution in [2.45, 2.75) is 33.9 Å². The third-order valence-corrected chi connectivity index (χ3v) is 5.98. The molecule has 1 saturated heterocycles. The molecule has 1 fully saturated rings. The van der Waals surface area contributed by atoms with E-state index >= 15 is 0 Å². The Bertz CT molecular complexity index is 962. The van der Waals surface area contributed by atoms with Gasteiger partial charge >= 0.3 is 0 Å². The second-order valence-corrected chi connectivity index (χ2v) is 8.85. The van der Waals surface area contributed by atoms with Crippen molar-refractivity contribution in [3.8, 4) is 11.5 Å². The molecule has 174 valence electrons. The summed E-state index contributed by atoms with van der Waals surface area (Å²) in [5.74, 6) is 1.90. The van der Waals surface area contributed by atoms with Crippen molar-refractivity contribution in [1.29, 1.82) is 0 Å². The fraction of sp³-hybridized carbons (Fsp3) is 0.500. The van der Waals surface area contributed by atoms with Crippen LogP contribution < -0.4 is 9.47 Å². The lowest BCUT2D eigenvalue weighted by atomic mass is 10.1. The minimum Gasteiger partial charge on any atom is -0.493 e. The highest BCUT2D eigenvalue weighted by Crippen LogP contribution is 2.28. The molecule has 7 nitrogen and oxygen atoms in total. The lowest BCUT2D eigenvalue weighted by molar-refractivity contribution is -0.127. The maximum atomic E-state index is 12.7. The molecule has 1 aromatic heterocycles. The first-order chi connectivity index (χ1) is 15.3. The minimum atomic E-state index is 0.00263. The normalized spacial score (nSPS) is 15.0. The Morgan fingerprint density at radius 1 is 1.16 bits per heavy atom. The van der Waals surface area contributed by atoms with E-state index in [1.54, 1.807) is 31.1 Å². The third kappa shape index (κ3) is 5.84. The van der Waals surface area contributed by atoms with Crippen LogP contribution in [-0.4, -0.2) is 65.9 Å². The van der Waals surface area contributed by atoms with Gasteiger partial charge in [0, 0.05) is 50.9 Å². The average Bonchev–Trinajstić information content (AvgIpc) is 3.04. The predicted octanol–water partition coefficient (Wildman–Crippen LogP) is 3.88. The fourth-order valence-electron chi connectivity index (χ4n) is 3.85. The molecular weight excluding hydrogens is 428 g/mol. The van der Waals surface area contributed by atoms with Gasteiger partial charge in [0.2, 0.25) is 5.91 Å². The molecule has 0 N–H and O–H groups in total. The van der Waals surface area contributed by atoms with Gasteiger partial charge in [-0.2, -0.15) is 5.10 Å². The van der Waals surface area contributed by atoms with Crippen molar-refractivity contribution >= 4 is 23.6 Å². The van der Waals surface area contributed by atoms with Gasteiger partial charge in [0.15, 0.2) is 11.5 Å². The lowest BCUT2D eigenvalue weighted by Crippen LogP contribution is -2.47. The van der Waals surface area contributed by atoms with Gasteiger partial charge in [-0.25, -0.2) is 0 Å². The van der Waals surface area contributed by atoms with Gasteiger partial charge in [0.1, 0.15) is 5.15 Å². The van der Waals surface area contributed by atoms with Crippen LogP contribution in [0.25, 0.3) is 6.08 Å². The van der Waals surface area contributed by atoms with Crippen LogP contribution in [0.1, 0.15) is 30.7 Å². The highest BCUT2D eigenvalue weighted by Gasteiger charge is 2.20. The molecule has 1 amide bonds. The van der Waals surface area contributed by atoms with E-state index in [4.69, 9.17) is 21.1 Å². The number of piperazine rings is 1. The molecule has 0 bridgehead atoms. The number of ether oxygens (including phenoxy) is 2. The van der Waals surface area contributed by atoms with Crippen LogP contribution in [0.3, 0.4) is 0 Å². The summed E-state index contributed by atoms with van der Waals surface area (Å²) in [5, 5.41) is 5.08. The number of carbonyl (C=O) groups excluding carboxylic acids is 1. The number of aromatic nitrogens is 2. The standard InChI is InChI=1S/C24H33ClN4O3/c1-17(2)15-29-24(25)20(18(3)26-29)7-9-23(30)28-12-10-27(11-13-28)16-19-6-8-21(31-4)22(14-19)32-5/h6-9,14,17H,10-13,15-16H2,1-5H3/b9-7+. The number of amides is 1. The maximum absolute atomic E-state index is 12.7. The van der Waals surface area contributed by atoms with Crippen LogP contribution in [0.4, 0.5) is 0 Å². The van der Waals surface area contributed by atoms with E-state index in [1.165, 1.54) is 0 Å². The van der Waals surface area contributed by atoms with Crippen LogP contribution >= 0.6 is 11.6 Å². The first kappa shape index (κ1) is 24.1. The average molecular weight is 461 g/mol. The van der Waals surface area contributed by atoms with Gasteiger partial charge in [-0.15, -0.1) is 0 Å². The van der Waals surface area contributed by atoms with Crippen molar-refractivity contribution < 1.29 is 14.3 Å². The summed E-state index contributed by atoms with van der Waals surface area (Å²) < 4.78 is 12.5. The number of hydrogen-bond donors (Lipinski definition) is 0. The Morgan fingerprint density at radius 2 is 1.84 bits per heavy atom. The van der Waals surface area contributed by atoms with Gasteiger partial charge in [0.05, 0.1) is 19.9 Å². The molecule has 3 rings (SSSR count). The van der Waals surface area contributed by atoms with Gasteiger partial charge < -0.3 is 14.4 Å². The van der Waals surface area contributed by atoms with Crippen LogP contribution in [-0.2, 0) is 17.9 Å². The summed E-state index contributed by atoms with van der Waals surface area (Å²) >= 11 is 6.48. The lowest BCUT2D eigenvalue weighted by Gasteiger charge is -2.34. The molecular formula is C24H33ClN4O3. The van der Waals surface area contributed by atoms with Crippen LogP contribution in [0, 0.1) is 12.8 Å². The zero-order valence-corrected chi connectivity index (χ0v) is 20.4. The maximum Gasteiger partial charge on any atom is 0.246 e. The van der Waals surface area contributed by atoms with Crippen LogP contribution in [0.5, 0.6) is 11.5 Å². The van der Waals surface area contributed by atoms with Gasteiger partial charge in [-0.1, -0.05) is 31.5 Å². The molecule has 32 heavy (non-hydrogen) atoms. The Balaban J connectivity index is 1.55. The summed E-state index contributed by atoms with van der Waals surface area (Å²) in [7, 11) is 3.28. The Kier molecular flexibility index (Phi) is 8.21. The molecule has 8 heteroatoms. The number of aryl methyl sites for hydroxylation is 1. The van der Waals surface area contributed by atoms with E-state index < -0.39 is 0 Å². The summed E-state index contributed by atoms with van der Waals surface area (Å²) in [6, 6.07) is 5.98. The highest BCUT2D eigenvalue weighted by molar-refractivity contribution is 6.31. The fourth-order valence-corrected chi connectivity index (χ4v) is 4.15. The topological polar surface area (TPSA) is 59.8 Å². The first-order valence-electron chi connectivity index (χ1n) is 11.0. The Morgan fingerprint density at radius 3 is 2.47 bits per heavy atom. The van der Waals surface area contributed by atoms with Gasteiger partial charge in [-0.05, 0) is 36.6 Å². The smallest absolute Gasteiger partial charge is 0.246 e. The van der Waals surface area contributed by atoms with E-state index in [1.807, 2.05) is 30.0 Å². The Hall–Kier alpha value is -2.51. The number of nitrogens with zero attached hydrogens (tertiary/aromatic N) is 4. The van der Waals surface area contributed by atoms with Crippen molar-refractivity contribution in [1.82, 2.24) is 19.6 Å². The molecule has 0 atom stereocenters. The van der Waals surface area contributed by atoms with E-state index in [2.05, 4.69) is 23.8 Å². The second-order valence-electron chi connectivity index (χ2n) is 8.49. The monoisotopic (exact) mass is 460 g/mol. The number of hydrogen-bond acceptors (Lipinski definition) is 5. The zero-order valence-electron chi connectivity index (χ0n) is 19.6. The molecule has 2 aromatic rings. The second kappa shape index (κ2) is 10.9. The molecule has 0 saturated carbocycles. The predicted molar refractivity (Wildman–Crippen MR) is 127 cm³/mol. The van der Waals surface area contributed by atoms with E-state index in [0.29, 0.717) is 24.2 Å². The summed E-state index contributed by atoms with van der Waals surface area (Å²) in [6.07, 6.45) is 3.40. The molecule has 2 heterocycles. The first-order valence-corrected chi connectivity index (χ1v) is 11.3. The molecule has 1 aromatic carbocycles. The molecule has 0 aliphatic carbocycles. The molecule has 0 radical (unpaired) electrons. The number of methoxy groups -OCH3 is 2. The SMILES string of the molecule is COc1ccc(CN2CCN(C(=O)/C=C/c3c(C)nn(CC(C)C)c3Cl)CC2)cc1OC. The largest absolute Gasteiger partial charge is 0.493 e. The van der Waals surface area contributed by atoms with Crippen molar-refractivity contribution in [3.05, 3.63) is 46.2 Å². The minimum absolute atomic E-state index is 0.00263. The van der Waals surface area contributed by atoms with Gasteiger partial charge in [-0.3, -0.25) is 14.4 Å². The molecule has 0 spiro atoms. The van der Waals surface area contributed by atoms with E-state index in [9.17, 15) is 4.79 Å². The van der Waals surface area contributed by atoms with E-state index in [-0.39, 0.29) is 5.91 Å². The molecule has 0 unspecified atom stereocenters. The van der Waals surface area contributed by atoms with Gasteiger partial charge in [0.25, 0.3) is 0 Å². The quantitative estimate of drug-likeness (QED) is 0.559. The van der Waals surface area contributed by atoms with Crippen molar-refractivity contribution in [2.75, 3.05) is 40.4 Å². The highest BCUT2D eigenvalue weighted by atomic mass is 35.5. The summed E-state index contributed by atoms with van der Waals surface area (Å²) in [6.45, 7) is 10.7. The van der Waals surface area contributed by atoms with E-state index in [0.717, 1.165) is 54.5 Å². The number of rotatable bonds is 8. The van der Waals surface area contributed by atoms with Crippen LogP contribution in [0.15, 0.2) is 24.3 Å². The summed E-state index contributed by atoms with van der Waals surface area (Å²) in [5.41, 5.74) is 2.80. The number of benzene rings is 1. The summed E-state index contributed by atoms with van der Waals surface area (Å²) in [4.78, 5) is 16.9. The van der Waals surface area contributed by atoms with Crippen LogP contribution in [0.2, 0.25) is 5.15 Å².